The summed E-state index contributed by atoms with van der Waals surface area (Å²) >= 11 is 0. The van der Waals surface area contributed by atoms with Gasteiger partial charge in [0.05, 0.1) is 25.7 Å². The van der Waals surface area contributed by atoms with E-state index in [9.17, 15) is 18.0 Å². The highest BCUT2D eigenvalue weighted by molar-refractivity contribution is 5.76. The fourth-order valence-corrected chi connectivity index (χ4v) is 2.81. The van der Waals surface area contributed by atoms with Crippen LogP contribution in [0.25, 0.3) is 0 Å². The van der Waals surface area contributed by atoms with E-state index in [1.807, 2.05) is 0 Å². The fourth-order valence-electron chi connectivity index (χ4n) is 2.81. The molecule has 0 radical (unpaired) electrons. The van der Waals surface area contributed by atoms with Crippen LogP contribution in [0.5, 0.6) is 11.5 Å². The molecule has 0 saturated heterocycles. The lowest BCUT2D eigenvalue weighted by Gasteiger charge is -2.18. The predicted octanol–water partition coefficient (Wildman–Crippen LogP) is 3.90. The molecule has 138 valence electrons. The summed E-state index contributed by atoms with van der Waals surface area (Å²) in [7, 11) is 0. The third-order valence-electron chi connectivity index (χ3n) is 4.06. The molecule has 0 aromatic heterocycles. The van der Waals surface area contributed by atoms with Gasteiger partial charge in [0.15, 0.2) is 11.6 Å². The van der Waals surface area contributed by atoms with E-state index in [0.717, 1.165) is 12.5 Å². The first-order valence-electron chi connectivity index (χ1n) is 8.32. The zero-order valence-corrected chi connectivity index (χ0v) is 13.9. The number of rotatable bonds is 5. The van der Waals surface area contributed by atoms with Gasteiger partial charge in [0.1, 0.15) is 17.4 Å². The molecule has 1 heterocycles. The molecule has 0 bridgehead atoms. The number of fused-ring (bicyclic) bond motifs is 1. The smallest absolute Gasteiger partial charge is 0.223 e. The molecule has 1 aliphatic heterocycles. The van der Waals surface area contributed by atoms with E-state index < -0.39 is 17.5 Å². The highest BCUT2D eigenvalue weighted by Crippen LogP contribution is 2.32. The Labute approximate surface area is 148 Å². The molecule has 1 atom stereocenters. The van der Waals surface area contributed by atoms with E-state index in [1.54, 1.807) is 6.07 Å². The van der Waals surface area contributed by atoms with E-state index >= 15 is 0 Å². The van der Waals surface area contributed by atoms with Crippen molar-refractivity contribution in [3.63, 3.8) is 0 Å². The third kappa shape index (κ3) is 4.47. The lowest BCUT2D eigenvalue weighted by atomic mass is 10.0. The van der Waals surface area contributed by atoms with Gasteiger partial charge in [-0.05, 0) is 43.2 Å². The zero-order valence-electron chi connectivity index (χ0n) is 13.9. The Bertz CT molecular complexity index is 798. The van der Waals surface area contributed by atoms with Crippen LogP contribution in [0.15, 0.2) is 36.4 Å². The first-order chi connectivity index (χ1) is 12.5. The van der Waals surface area contributed by atoms with Gasteiger partial charge < -0.3 is 14.8 Å². The van der Waals surface area contributed by atoms with Gasteiger partial charge in [0, 0.05) is 11.6 Å². The van der Waals surface area contributed by atoms with E-state index in [4.69, 9.17) is 9.47 Å². The Kier molecular flexibility index (Phi) is 5.65. The molecule has 0 saturated carbocycles. The second-order valence-corrected chi connectivity index (χ2v) is 5.97. The minimum atomic E-state index is -0.823. The molecule has 2 aromatic rings. The molecule has 3 rings (SSSR count). The van der Waals surface area contributed by atoms with Crippen LogP contribution in [-0.2, 0) is 4.79 Å². The van der Waals surface area contributed by atoms with Crippen molar-refractivity contribution in [2.24, 2.45) is 0 Å². The Morgan fingerprint density at radius 2 is 1.92 bits per heavy atom. The third-order valence-corrected chi connectivity index (χ3v) is 4.06. The number of hydrogen-bond acceptors (Lipinski definition) is 3. The highest BCUT2D eigenvalue weighted by atomic mass is 19.1. The van der Waals surface area contributed by atoms with Crippen LogP contribution in [0.3, 0.4) is 0 Å². The van der Waals surface area contributed by atoms with Crippen molar-refractivity contribution in [3.8, 4) is 11.5 Å². The van der Waals surface area contributed by atoms with Crippen molar-refractivity contribution in [1.29, 1.82) is 0 Å². The van der Waals surface area contributed by atoms with Gasteiger partial charge in [-0.15, -0.1) is 0 Å². The molecule has 1 aliphatic rings. The summed E-state index contributed by atoms with van der Waals surface area (Å²) in [6.07, 6.45) is 1.33. The quantitative estimate of drug-likeness (QED) is 0.874. The van der Waals surface area contributed by atoms with Crippen LogP contribution < -0.4 is 14.8 Å². The van der Waals surface area contributed by atoms with Crippen LogP contribution in [0.2, 0.25) is 0 Å². The number of benzene rings is 2. The van der Waals surface area contributed by atoms with Crippen molar-refractivity contribution in [2.75, 3.05) is 13.2 Å². The summed E-state index contributed by atoms with van der Waals surface area (Å²) in [5, 5.41) is 2.83. The monoisotopic (exact) mass is 365 g/mol. The number of amides is 1. The predicted molar refractivity (Wildman–Crippen MR) is 88.5 cm³/mol. The fraction of sp³-hybridized carbons (Fsp3) is 0.316. The molecule has 7 heteroatoms. The van der Waals surface area contributed by atoms with E-state index in [2.05, 4.69) is 5.32 Å². The summed E-state index contributed by atoms with van der Waals surface area (Å²) in [6, 6.07) is 6.82. The second kappa shape index (κ2) is 8.12. The molecule has 0 fully saturated rings. The molecule has 4 nitrogen and oxygen atoms in total. The van der Waals surface area contributed by atoms with Gasteiger partial charge in [-0.2, -0.15) is 0 Å². The van der Waals surface area contributed by atoms with Crippen molar-refractivity contribution >= 4 is 5.91 Å². The van der Waals surface area contributed by atoms with Crippen LogP contribution in [0.4, 0.5) is 13.2 Å². The Morgan fingerprint density at radius 3 is 2.73 bits per heavy atom. The number of carbonyl (C=O) groups excluding carboxylic acids is 1. The van der Waals surface area contributed by atoms with Gasteiger partial charge in [-0.1, -0.05) is 0 Å². The maximum Gasteiger partial charge on any atom is 0.223 e. The van der Waals surface area contributed by atoms with Crippen molar-refractivity contribution in [1.82, 2.24) is 5.32 Å². The average molecular weight is 365 g/mol. The molecular formula is C19H18F3NO3. The SMILES string of the molecule is O=C(CCOc1ccc(F)cc1F)N[C@@H]1CCCOc2ccc(F)cc21. The Morgan fingerprint density at radius 1 is 1.15 bits per heavy atom. The van der Waals surface area contributed by atoms with Crippen LogP contribution >= 0.6 is 0 Å². The number of ether oxygens (including phenoxy) is 2. The van der Waals surface area contributed by atoms with E-state index in [0.29, 0.717) is 30.4 Å². The largest absolute Gasteiger partial charge is 0.493 e. The molecule has 2 aromatic carbocycles. The summed E-state index contributed by atoms with van der Waals surface area (Å²) in [5.41, 5.74) is 0.598. The topological polar surface area (TPSA) is 47.6 Å². The van der Waals surface area contributed by atoms with Gasteiger partial charge in [-0.3, -0.25) is 4.79 Å². The number of hydrogen-bond donors (Lipinski definition) is 1. The molecule has 0 aliphatic carbocycles. The molecule has 0 unspecified atom stereocenters. The van der Waals surface area contributed by atoms with Gasteiger partial charge in [-0.25, -0.2) is 13.2 Å². The summed E-state index contributed by atoms with van der Waals surface area (Å²) in [6.45, 7) is 0.436. The maximum absolute atomic E-state index is 13.5. The van der Waals surface area contributed by atoms with E-state index in [1.165, 1.54) is 18.2 Å². The van der Waals surface area contributed by atoms with Crippen LogP contribution in [0, 0.1) is 17.5 Å². The summed E-state index contributed by atoms with van der Waals surface area (Å²) in [5.74, 6) is -1.80. The second-order valence-electron chi connectivity index (χ2n) is 5.97. The van der Waals surface area contributed by atoms with Crippen molar-refractivity contribution in [3.05, 3.63) is 59.4 Å². The molecule has 26 heavy (non-hydrogen) atoms. The minimum absolute atomic E-state index is 0.0151. The van der Waals surface area contributed by atoms with Crippen molar-refractivity contribution in [2.45, 2.75) is 25.3 Å². The van der Waals surface area contributed by atoms with Crippen molar-refractivity contribution < 1.29 is 27.4 Å². The number of nitrogens with one attached hydrogen (secondary N) is 1. The Hall–Kier alpha value is -2.70. The van der Waals surface area contributed by atoms with Crippen LogP contribution in [0.1, 0.15) is 30.9 Å². The summed E-state index contributed by atoms with van der Waals surface area (Å²) in [4.78, 5) is 12.2. The highest BCUT2D eigenvalue weighted by Gasteiger charge is 2.22. The molecule has 1 N–H and O–H groups in total. The molecular weight excluding hydrogens is 347 g/mol. The summed E-state index contributed by atoms with van der Waals surface area (Å²) < 4.78 is 50.6. The van der Waals surface area contributed by atoms with E-state index in [-0.39, 0.29) is 30.7 Å². The number of halogens is 3. The molecule has 1 amide bonds. The first kappa shape index (κ1) is 18.1. The number of carbonyl (C=O) groups is 1. The lowest BCUT2D eigenvalue weighted by Crippen LogP contribution is -2.29. The minimum Gasteiger partial charge on any atom is -0.493 e. The maximum atomic E-state index is 13.5. The van der Waals surface area contributed by atoms with Gasteiger partial charge in [0.25, 0.3) is 0 Å². The lowest BCUT2D eigenvalue weighted by molar-refractivity contribution is -0.122. The average Bonchev–Trinajstić information content (AvgIpc) is 2.79. The first-order valence-corrected chi connectivity index (χ1v) is 8.32. The van der Waals surface area contributed by atoms with Crippen LogP contribution in [-0.4, -0.2) is 19.1 Å². The zero-order chi connectivity index (χ0) is 18.5. The normalized spacial score (nSPS) is 16.2. The standard InChI is InChI=1S/C19H18F3NO3/c20-12-3-5-17-14(10-12)16(2-1-8-25-17)23-19(24)7-9-26-18-6-4-13(21)11-15(18)22/h3-6,10-11,16H,1-2,7-9H2,(H,23,24)/t16-/m1/s1. The van der Waals surface area contributed by atoms with Gasteiger partial charge in [0.2, 0.25) is 5.91 Å². The Balaban J connectivity index is 1.57. The van der Waals surface area contributed by atoms with Gasteiger partial charge >= 0.3 is 0 Å². The molecule has 0 spiro atoms.